The van der Waals surface area contributed by atoms with Gasteiger partial charge in [0.25, 0.3) is 0 Å². The van der Waals surface area contributed by atoms with Crippen LogP contribution in [0.15, 0.2) is 94.1 Å². The van der Waals surface area contributed by atoms with Gasteiger partial charge in [0.1, 0.15) is 17.6 Å². The van der Waals surface area contributed by atoms with Crippen molar-refractivity contribution in [1.82, 2.24) is 0 Å². The van der Waals surface area contributed by atoms with Crippen LogP contribution in [-0.4, -0.2) is 31.9 Å². The third-order valence-corrected chi connectivity index (χ3v) is 7.77. The van der Waals surface area contributed by atoms with E-state index in [0.717, 1.165) is 5.56 Å². The summed E-state index contributed by atoms with van der Waals surface area (Å²) in [4.78, 5) is 42.2. The van der Waals surface area contributed by atoms with Crippen LogP contribution in [0.1, 0.15) is 29.4 Å². The number of carbonyl (C=O) groups is 3. The first kappa shape index (κ1) is 25.4. The number of hydrogen-bond donors (Lipinski definition) is 1. The zero-order valence-electron chi connectivity index (χ0n) is 20.7. The van der Waals surface area contributed by atoms with Crippen LogP contribution in [0.3, 0.4) is 0 Å². The lowest BCUT2D eigenvalue weighted by atomic mass is 9.67. The third-order valence-electron chi connectivity index (χ3n) is 7.07. The smallest absolute Gasteiger partial charge is 0.338 e. The van der Waals surface area contributed by atoms with Gasteiger partial charge in [-0.15, -0.1) is 0 Å². The Labute approximate surface area is 223 Å². The molecule has 2 heterocycles. The maximum Gasteiger partial charge on any atom is 0.338 e. The Morgan fingerprint density at radius 3 is 2.42 bits per heavy atom. The second-order valence-corrected chi connectivity index (χ2v) is 9.82. The molecule has 194 valence electrons. The fraction of sp³-hybridized carbons (Fsp3) is 0.207. The van der Waals surface area contributed by atoms with Crippen LogP contribution in [0.4, 0.5) is 10.1 Å². The minimum atomic E-state index is -1.14. The number of ether oxygens (including phenoxy) is 2. The normalized spacial score (nSPS) is 21.3. The van der Waals surface area contributed by atoms with Crippen LogP contribution in [0.5, 0.6) is 0 Å². The molecular weight excluding hydrogens is 507 g/mol. The molecule has 2 aromatic carbocycles. The summed E-state index contributed by atoms with van der Waals surface area (Å²) in [7, 11) is 2.48. The van der Waals surface area contributed by atoms with Crippen molar-refractivity contribution in [3.8, 4) is 0 Å². The number of thiophene rings is 1. The van der Waals surface area contributed by atoms with Crippen molar-refractivity contribution in [3.05, 3.63) is 111 Å². The van der Waals surface area contributed by atoms with Crippen LogP contribution < -0.4 is 10.6 Å². The van der Waals surface area contributed by atoms with Crippen LogP contribution in [0.2, 0.25) is 0 Å². The lowest BCUT2D eigenvalue weighted by molar-refractivity contribution is -0.150. The Hall–Kier alpha value is -4.24. The Bertz CT molecular complexity index is 1470. The number of nitrogens with zero attached hydrogens (tertiary/aromatic N) is 1. The summed E-state index contributed by atoms with van der Waals surface area (Å²) in [5, 5.41) is 3.66. The fourth-order valence-electron chi connectivity index (χ4n) is 5.43. The SMILES string of the molecule is COC(=O)C1=C(N)N(c2cccc(F)c2)C2=C(C(=O)[C@H](C(=O)OC)[C@@H](c3ccccc3)C2)[C@H]1c1ccsc1. The molecule has 38 heavy (non-hydrogen) atoms. The number of carbonyl (C=O) groups excluding carboxylic acids is 3. The van der Waals surface area contributed by atoms with Gasteiger partial charge in [0.2, 0.25) is 0 Å². The van der Waals surface area contributed by atoms with Gasteiger partial charge in [-0.3, -0.25) is 14.5 Å². The van der Waals surface area contributed by atoms with Gasteiger partial charge in [0, 0.05) is 17.2 Å². The minimum absolute atomic E-state index is 0.0357. The number of nitrogens with two attached hydrogens (primary N) is 1. The lowest BCUT2D eigenvalue weighted by Crippen LogP contribution is -2.46. The number of rotatable bonds is 5. The van der Waals surface area contributed by atoms with Crippen molar-refractivity contribution in [3.63, 3.8) is 0 Å². The Morgan fingerprint density at radius 1 is 1.03 bits per heavy atom. The molecule has 1 aliphatic carbocycles. The first-order valence-electron chi connectivity index (χ1n) is 11.9. The zero-order valence-corrected chi connectivity index (χ0v) is 21.5. The zero-order chi connectivity index (χ0) is 27.0. The van der Waals surface area contributed by atoms with Crippen LogP contribution in [0.25, 0.3) is 0 Å². The van der Waals surface area contributed by atoms with E-state index in [1.165, 1.54) is 48.7 Å². The maximum atomic E-state index is 14.4. The molecule has 3 aromatic rings. The van der Waals surface area contributed by atoms with E-state index in [2.05, 4.69) is 0 Å². The highest BCUT2D eigenvalue weighted by molar-refractivity contribution is 7.08. The summed E-state index contributed by atoms with van der Waals surface area (Å²) in [5.74, 6) is -4.92. The number of Topliss-reactive ketones (excluding diaryl/α,β-unsaturated/α-hetero) is 1. The molecule has 2 aliphatic rings. The highest BCUT2D eigenvalue weighted by atomic mass is 32.1. The molecule has 7 nitrogen and oxygen atoms in total. The number of anilines is 1. The molecule has 2 N–H and O–H groups in total. The van der Waals surface area contributed by atoms with Crippen molar-refractivity contribution in [2.24, 2.45) is 11.7 Å². The Balaban J connectivity index is 1.82. The summed E-state index contributed by atoms with van der Waals surface area (Å²) in [5.41, 5.74) is 9.25. The molecule has 9 heteroatoms. The van der Waals surface area contributed by atoms with Gasteiger partial charge < -0.3 is 15.2 Å². The second kappa shape index (κ2) is 10.3. The molecule has 0 saturated heterocycles. The second-order valence-electron chi connectivity index (χ2n) is 9.04. The molecule has 3 atom stereocenters. The average Bonchev–Trinajstić information content (AvgIpc) is 3.46. The van der Waals surface area contributed by atoms with E-state index in [1.54, 1.807) is 12.1 Å². The van der Waals surface area contributed by atoms with E-state index in [0.29, 0.717) is 16.9 Å². The van der Waals surface area contributed by atoms with Crippen molar-refractivity contribution in [2.75, 3.05) is 19.1 Å². The number of halogens is 1. The van der Waals surface area contributed by atoms with Crippen LogP contribution in [0, 0.1) is 11.7 Å². The minimum Gasteiger partial charge on any atom is -0.468 e. The van der Waals surface area contributed by atoms with Gasteiger partial charge in [0.05, 0.1) is 31.4 Å². The number of benzene rings is 2. The monoisotopic (exact) mass is 532 g/mol. The topological polar surface area (TPSA) is 98.9 Å². The van der Waals surface area contributed by atoms with Gasteiger partial charge in [-0.25, -0.2) is 9.18 Å². The van der Waals surface area contributed by atoms with Crippen molar-refractivity contribution >= 4 is 34.7 Å². The number of allylic oxidation sites excluding steroid dienone is 2. The molecule has 5 rings (SSSR count). The standard InChI is InChI=1S/C29H25FN2O5S/c1-36-28(34)23-20(16-7-4-3-5-8-16)14-21-24(26(23)33)22(17-11-12-38-15-17)25(29(35)37-2)27(31)32(21)19-10-6-9-18(30)13-19/h3-13,15,20,22-23H,14,31H2,1-2H3/t20-,22-,23-/m1/s1. The molecule has 0 spiro atoms. The fourth-order valence-corrected chi connectivity index (χ4v) is 6.12. The summed E-state index contributed by atoms with van der Waals surface area (Å²) >= 11 is 1.40. The van der Waals surface area contributed by atoms with Crippen LogP contribution in [-0.2, 0) is 23.9 Å². The Kier molecular flexibility index (Phi) is 6.86. The number of ketones is 1. The molecular formula is C29H25FN2O5S. The summed E-state index contributed by atoms with van der Waals surface area (Å²) in [6.45, 7) is 0. The summed E-state index contributed by atoms with van der Waals surface area (Å²) in [6.07, 6.45) is 0.219. The molecule has 1 aliphatic heterocycles. The van der Waals surface area contributed by atoms with Gasteiger partial charge in [-0.05, 0) is 52.6 Å². The molecule has 0 amide bonds. The highest BCUT2D eigenvalue weighted by Crippen LogP contribution is 2.51. The van der Waals surface area contributed by atoms with Crippen molar-refractivity contribution in [2.45, 2.75) is 18.3 Å². The Morgan fingerprint density at radius 2 is 1.79 bits per heavy atom. The predicted octanol–water partition coefficient (Wildman–Crippen LogP) is 4.63. The van der Waals surface area contributed by atoms with Gasteiger partial charge in [0.15, 0.2) is 5.78 Å². The molecule has 0 unspecified atom stereocenters. The number of methoxy groups -OCH3 is 2. The number of hydrogen-bond acceptors (Lipinski definition) is 8. The van der Waals surface area contributed by atoms with E-state index in [1.807, 2.05) is 41.1 Å². The number of esters is 2. The van der Waals surface area contributed by atoms with E-state index in [-0.39, 0.29) is 23.4 Å². The third kappa shape index (κ3) is 4.18. The van der Waals surface area contributed by atoms with Gasteiger partial charge >= 0.3 is 11.9 Å². The van der Waals surface area contributed by atoms with Gasteiger partial charge in [-0.1, -0.05) is 36.4 Å². The summed E-state index contributed by atoms with van der Waals surface area (Å²) < 4.78 is 24.6. The maximum absolute atomic E-state index is 14.4. The highest BCUT2D eigenvalue weighted by Gasteiger charge is 2.51. The first-order valence-corrected chi connectivity index (χ1v) is 12.9. The van der Waals surface area contributed by atoms with E-state index >= 15 is 0 Å². The molecule has 0 bridgehead atoms. The first-order chi connectivity index (χ1) is 18.4. The lowest BCUT2D eigenvalue weighted by Gasteiger charge is -2.43. The quantitative estimate of drug-likeness (QED) is 0.378. The van der Waals surface area contributed by atoms with E-state index in [9.17, 15) is 18.8 Å². The largest absolute Gasteiger partial charge is 0.468 e. The molecule has 0 fully saturated rings. The molecule has 1 aromatic heterocycles. The van der Waals surface area contributed by atoms with Crippen LogP contribution >= 0.6 is 11.3 Å². The predicted molar refractivity (Wildman–Crippen MR) is 141 cm³/mol. The average molecular weight is 533 g/mol. The summed E-state index contributed by atoms with van der Waals surface area (Å²) in [6, 6.07) is 16.8. The van der Waals surface area contributed by atoms with Crippen molar-refractivity contribution in [1.29, 1.82) is 0 Å². The van der Waals surface area contributed by atoms with E-state index in [4.69, 9.17) is 15.2 Å². The molecule has 0 saturated carbocycles. The van der Waals surface area contributed by atoms with E-state index < -0.39 is 41.3 Å². The van der Waals surface area contributed by atoms with Crippen molar-refractivity contribution < 1.29 is 28.2 Å². The molecule has 0 radical (unpaired) electrons. The van der Waals surface area contributed by atoms with Gasteiger partial charge in [-0.2, -0.15) is 11.3 Å².